The van der Waals surface area contributed by atoms with Gasteiger partial charge in [0.2, 0.25) is 0 Å². The third kappa shape index (κ3) is 3.18. The predicted octanol–water partition coefficient (Wildman–Crippen LogP) is 4.16. The maximum Gasteiger partial charge on any atom is 0.261 e. The lowest BCUT2D eigenvalue weighted by Crippen LogP contribution is -2.25. The number of hydrogen-bond donors (Lipinski definition) is 1. The second-order valence-corrected chi connectivity index (χ2v) is 6.94. The molecule has 3 nitrogen and oxygen atoms in total. The first-order chi connectivity index (χ1) is 8.58. The number of aromatic nitrogens is 1. The van der Waals surface area contributed by atoms with Gasteiger partial charge in [0.05, 0.1) is 14.7 Å². The smallest absolute Gasteiger partial charge is 0.261 e. The van der Waals surface area contributed by atoms with Crippen molar-refractivity contribution in [1.82, 2.24) is 10.3 Å². The van der Waals surface area contributed by atoms with E-state index < -0.39 is 0 Å². The Morgan fingerprint density at radius 2 is 2.28 bits per heavy atom. The fraction of sp³-hybridized carbons (Fsp3) is 0.167. The minimum Gasteiger partial charge on any atom is -0.345 e. The van der Waals surface area contributed by atoms with Crippen LogP contribution in [-0.4, -0.2) is 10.9 Å². The zero-order valence-electron chi connectivity index (χ0n) is 9.48. The van der Waals surface area contributed by atoms with Crippen molar-refractivity contribution in [2.45, 2.75) is 13.0 Å². The molecule has 0 spiro atoms. The van der Waals surface area contributed by atoms with Crippen LogP contribution in [0.4, 0.5) is 0 Å². The van der Waals surface area contributed by atoms with E-state index in [1.165, 1.54) is 11.3 Å². The van der Waals surface area contributed by atoms with Crippen molar-refractivity contribution < 1.29 is 4.79 Å². The van der Waals surface area contributed by atoms with Crippen molar-refractivity contribution >= 4 is 49.1 Å². The lowest BCUT2D eigenvalue weighted by Gasteiger charge is -2.12. The van der Waals surface area contributed by atoms with Crippen LogP contribution in [0.2, 0.25) is 0 Å². The molecular formula is C12H10Br2N2OS. The molecule has 0 aromatic carbocycles. The topological polar surface area (TPSA) is 42.0 Å². The van der Waals surface area contributed by atoms with Gasteiger partial charge in [-0.05, 0) is 56.5 Å². The summed E-state index contributed by atoms with van der Waals surface area (Å²) in [5.74, 6) is -0.0808. The standard InChI is InChI=1S/C12H10Br2N2OS/c1-7(8-3-2-4-15-6-8)16-12(17)10-5-9(13)11(14)18-10/h2-7H,1H3,(H,16,17). The van der Waals surface area contributed by atoms with Crippen LogP contribution in [-0.2, 0) is 0 Å². The molecule has 1 amide bonds. The van der Waals surface area contributed by atoms with Crippen LogP contribution in [0.25, 0.3) is 0 Å². The fourth-order valence-electron chi connectivity index (χ4n) is 1.44. The van der Waals surface area contributed by atoms with Gasteiger partial charge < -0.3 is 5.32 Å². The Morgan fingerprint density at radius 1 is 1.50 bits per heavy atom. The zero-order valence-corrected chi connectivity index (χ0v) is 13.5. The Kier molecular flexibility index (Phi) is 4.53. The highest BCUT2D eigenvalue weighted by atomic mass is 79.9. The Morgan fingerprint density at radius 3 is 2.83 bits per heavy atom. The molecule has 2 aromatic rings. The Hall–Kier alpha value is -0.720. The molecule has 2 heterocycles. The summed E-state index contributed by atoms with van der Waals surface area (Å²) in [4.78, 5) is 16.7. The number of nitrogens with one attached hydrogen (secondary N) is 1. The van der Waals surface area contributed by atoms with Gasteiger partial charge in [-0.3, -0.25) is 9.78 Å². The fourth-order valence-corrected chi connectivity index (χ4v) is 3.38. The quantitative estimate of drug-likeness (QED) is 0.856. The minimum atomic E-state index is -0.0808. The molecule has 1 atom stereocenters. The molecule has 94 valence electrons. The van der Waals surface area contributed by atoms with E-state index in [9.17, 15) is 4.79 Å². The molecule has 0 aliphatic rings. The summed E-state index contributed by atoms with van der Waals surface area (Å²) in [5.41, 5.74) is 0.987. The van der Waals surface area contributed by atoms with Gasteiger partial charge in [-0.1, -0.05) is 6.07 Å². The van der Waals surface area contributed by atoms with E-state index >= 15 is 0 Å². The van der Waals surface area contributed by atoms with Gasteiger partial charge >= 0.3 is 0 Å². The molecule has 0 saturated carbocycles. The summed E-state index contributed by atoms with van der Waals surface area (Å²) < 4.78 is 1.81. The third-order valence-electron chi connectivity index (χ3n) is 2.40. The average molecular weight is 390 g/mol. The number of carbonyl (C=O) groups is 1. The third-order valence-corrected chi connectivity index (χ3v) is 5.66. The normalized spacial score (nSPS) is 12.2. The number of carbonyl (C=O) groups excluding carboxylic acids is 1. The maximum atomic E-state index is 12.0. The highest BCUT2D eigenvalue weighted by Gasteiger charge is 2.15. The number of amides is 1. The summed E-state index contributed by atoms with van der Waals surface area (Å²) in [7, 11) is 0. The van der Waals surface area contributed by atoms with E-state index in [1.807, 2.05) is 19.1 Å². The van der Waals surface area contributed by atoms with Gasteiger partial charge in [-0.15, -0.1) is 11.3 Å². The molecule has 0 aliphatic carbocycles. The van der Waals surface area contributed by atoms with Crippen molar-refractivity contribution in [2.75, 3.05) is 0 Å². The van der Waals surface area contributed by atoms with Gasteiger partial charge in [0.25, 0.3) is 5.91 Å². The van der Waals surface area contributed by atoms with Crippen LogP contribution >= 0.6 is 43.2 Å². The summed E-state index contributed by atoms with van der Waals surface area (Å²) in [6.45, 7) is 1.94. The molecule has 0 saturated heterocycles. The van der Waals surface area contributed by atoms with Crippen molar-refractivity contribution in [3.8, 4) is 0 Å². The van der Waals surface area contributed by atoms with Crippen LogP contribution in [0, 0.1) is 0 Å². The highest BCUT2D eigenvalue weighted by molar-refractivity contribution is 9.13. The molecule has 0 bridgehead atoms. The van der Waals surface area contributed by atoms with Gasteiger partial charge in [-0.2, -0.15) is 0 Å². The molecule has 2 rings (SSSR count). The average Bonchev–Trinajstić information content (AvgIpc) is 2.71. The number of hydrogen-bond acceptors (Lipinski definition) is 3. The first kappa shape index (κ1) is 13.7. The molecule has 6 heteroatoms. The van der Waals surface area contributed by atoms with Gasteiger partial charge in [0, 0.05) is 16.9 Å². The first-order valence-electron chi connectivity index (χ1n) is 5.23. The molecule has 0 fully saturated rings. The number of pyridine rings is 1. The van der Waals surface area contributed by atoms with Crippen LogP contribution in [0.1, 0.15) is 28.2 Å². The van der Waals surface area contributed by atoms with Crippen LogP contribution < -0.4 is 5.32 Å². The molecule has 1 N–H and O–H groups in total. The van der Waals surface area contributed by atoms with Gasteiger partial charge in [-0.25, -0.2) is 0 Å². The van der Waals surface area contributed by atoms with Crippen LogP contribution in [0.3, 0.4) is 0 Å². The van der Waals surface area contributed by atoms with E-state index in [0.29, 0.717) is 4.88 Å². The SMILES string of the molecule is CC(NC(=O)c1cc(Br)c(Br)s1)c1cccnc1. The first-order valence-corrected chi connectivity index (χ1v) is 7.64. The molecule has 2 aromatic heterocycles. The van der Waals surface area contributed by atoms with E-state index in [1.54, 1.807) is 18.5 Å². The van der Waals surface area contributed by atoms with E-state index in [-0.39, 0.29) is 11.9 Å². The van der Waals surface area contributed by atoms with Gasteiger partial charge in [0.1, 0.15) is 0 Å². The van der Waals surface area contributed by atoms with E-state index in [2.05, 4.69) is 42.2 Å². The Labute approximate surface area is 126 Å². The minimum absolute atomic E-state index is 0.0640. The van der Waals surface area contributed by atoms with Crippen LogP contribution in [0.15, 0.2) is 38.9 Å². The lowest BCUT2D eigenvalue weighted by molar-refractivity contribution is 0.0944. The highest BCUT2D eigenvalue weighted by Crippen LogP contribution is 2.32. The van der Waals surface area contributed by atoms with Crippen molar-refractivity contribution in [3.63, 3.8) is 0 Å². The molecule has 0 aliphatic heterocycles. The predicted molar refractivity (Wildman–Crippen MR) is 79.8 cm³/mol. The summed E-state index contributed by atoms with van der Waals surface area (Å²) >= 11 is 8.15. The lowest BCUT2D eigenvalue weighted by atomic mass is 10.1. The molecular weight excluding hydrogens is 380 g/mol. The Balaban J connectivity index is 2.08. The summed E-state index contributed by atoms with van der Waals surface area (Å²) in [5, 5.41) is 2.94. The maximum absolute atomic E-state index is 12.0. The number of halogens is 2. The van der Waals surface area contributed by atoms with Crippen molar-refractivity contribution in [3.05, 3.63) is 49.3 Å². The van der Waals surface area contributed by atoms with Crippen molar-refractivity contribution in [1.29, 1.82) is 0 Å². The second kappa shape index (κ2) is 5.95. The Bertz CT molecular complexity index is 537. The van der Waals surface area contributed by atoms with Gasteiger partial charge in [0.15, 0.2) is 0 Å². The molecule has 18 heavy (non-hydrogen) atoms. The number of rotatable bonds is 3. The van der Waals surface area contributed by atoms with Crippen molar-refractivity contribution in [2.24, 2.45) is 0 Å². The molecule has 0 radical (unpaired) electrons. The van der Waals surface area contributed by atoms with Crippen LogP contribution in [0.5, 0.6) is 0 Å². The van der Waals surface area contributed by atoms with E-state index in [4.69, 9.17) is 0 Å². The number of nitrogens with zero attached hydrogens (tertiary/aromatic N) is 1. The van der Waals surface area contributed by atoms with E-state index in [0.717, 1.165) is 13.8 Å². The monoisotopic (exact) mass is 388 g/mol. The largest absolute Gasteiger partial charge is 0.345 e. The zero-order chi connectivity index (χ0) is 13.1. The second-order valence-electron chi connectivity index (χ2n) is 3.71. The molecule has 1 unspecified atom stereocenters. The number of thiophene rings is 1. The summed E-state index contributed by atoms with van der Waals surface area (Å²) in [6, 6.07) is 5.54. The summed E-state index contributed by atoms with van der Waals surface area (Å²) in [6.07, 6.45) is 3.47.